The van der Waals surface area contributed by atoms with Crippen LogP contribution in [0.25, 0.3) is 11.0 Å². The molecule has 2 heterocycles. The third-order valence-corrected chi connectivity index (χ3v) is 3.06. The van der Waals surface area contributed by atoms with E-state index in [0.717, 1.165) is 0 Å². The van der Waals surface area contributed by atoms with Crippen LogP contribution in [0.4, 0.5) is 0 Å². The van der Waals surface area contributed by atoms with E-state index in [1.54, 1.807) is 6.07 Å². The summed E-state index contributed by atoms with van der Waals surface area (Å²) in [6.45, 7) is 3.74. The molecule has 17 heavy (non-hydrogen) atoms. The van der Waals surface area contributed by atoms with Crippen molar-refractivity contribution in [3.05, 3.63) is 30.0 Å². The number of furan rings is 1. The van der Waals surface area contributed by atoms with Crippen LogP contribution in [0.1, 0.15) is 24.2 Å². The molecule has 2 aromatic rings. The summed E-state index contributed by atoms with van der Waals surface area (Å²) >= 11 is 0. The number of hydrogen-bond donors (Lipinski definition) is 1. The predicted octanol–water partition coefficient (Wildman–Crippen LogP) is 2.50. The van der Waals surface area contributed by atoms with Crippen LogP contribution < -0.4 is 0 Å². The van der Waals surface area contributed by atoms with Crippen molar-refractivity contribution in [1.82, 2.24) is 0 Å². The molecule has 0 amide bonds. The molecule has 4 heteroatoms. The highest BCUT2D eigenvalue weighted by molar-refractivity contribution is 6.11. The van der Waals surface area contributed by atoms with Crippen LogP contribution in [0, 0.1) is 0 Å². The minimum absolute atomic E-state index is 0.0978. The van der Waals surface area contributed by atoms with Gasteiger partial charge in [-0.25, -0.2) is 0 Å². The Balaban J connectivity index is 2.06. The van der Waals surface area contributed by atoms with E-state index in [1.807, 2.05) is 13.8 Å². The van der Waals surface area contributed by atoms with Crippen LogP contribution in [0.3, 0.4) is 0 Å². The first-order valence-corrected chi connectivity index (χ1v) is 5.41. The number of epoxide rings is 1. The molecule has 3 rings (SSSR count). The van der Waals surface area contributed by atoms with Gasteiger partial charge in [-0.05, 0) is 32.0 Å². The monoisotopic (exact) mass is 232 g/mol. The Morgan fingerprint density at radius 3 is 2.76 bits per heavy atom. The van der Waals surface area contributed by atoms with E-state index in [9.17, 15) is 9.90 Å². The van der Waals surface area contributed by atoms with Crippen molar-refractivity contribution in [2.24, 2.45) is 0 Å². The molecular formula is C13H12O4. The average molecular weight is 232 g/mol. The average Bonchev–Trinajstić information content (AvgIpc) is 2.72. The fourth-order valence-electron chi connectivity index (χ4n) is 1.99. The molecule has 0 saturated carbocycles. The van der Waals surface area contributed by atoms with Gasteiger partial charge in [0.1, 0.15) is 23.7 Å². The molecule has 0 spiro atoms. The molecule has 0 radical (unpaired) electrons. The number of phenols is 1. The van der Waals surface area contributed by atoms with Gasteiger partial charge in [-0.1, -0.05) is 0 Å². The lowest BCUT2D eigenvalue weighted by Gasteiger charge is -1.96. The number of ketones is 1. The third-order valence-electron chi connectivity index (χ3n) is 3.06. The molecule has 1 atom stereocenters. The summed E-state index contributed by atoms with van der Waals surface area (Å²) in [5.41, 5.74) is 0.661. The van der Waals surface area contributed by atoms with Crippen molar-refractivity contribution < 1.29 is 19.1 Å². The standard InChI is InChI=1S/C13H12O4/c1-13(2)12(17-13)11(15)9-6-16-10-4-3-7(14)5-8(9)10/h3-6,12,14H,1-2H3/t12-/m0/s1. The highest BCUT2D eigenvalue weighted by Gasteiger charge is 2.53. The van der Waals surface area contributed by atoms with E-state index in [-0.39, 0.29) is 11.5 Å². The molecule has 1 aromatic heterocycles. The zero-order valence-electron chi connectivity index (χ0n) is 9.56. The molecule has 1 N–H and O–H groups in total. The van der Waals surface area contributed by atoms with Crippen molar-refractivity contribution >= 4 is 16.8 Å². The minimum atomic E-state index is -0.411. The summed E-state index contributed by atoms with van der Waals surface area (Å²) in [6, 6.07) is 4.69. The Hall–Kier alpha value is -1.81. The van der Waals surface area contributed by atoms with E-state index < -0.39 is 11.7 Å². The van der Waals surface area contributed by atoms with Gasteiger partial charge in [-0.15, -0.1) is 0 Å². The summed E-state index contributed by atoms with van der Waals surface area (Å²) < 4.78 is 10.6. The van der Waals surface area contributed by atoms with Gasteiger partial charge >= 0.3 is 0 Å². The van der Waals surface area contributed by atoms with Gasteiger partial charge in [0.25, 0.3) is 0 Å². The smallest absolute Gasteiger partial charge is 0.198 e. The second kappa shape index (κ2) is 3.11. The number of carbonyl (C=O) groups excluding carboxylic acids is 1. The summed E-state index contributed by atoms with van der Waals surface area (Å²) in [6.07, 6.45) is 1.01. The van der Waals surface area contributed by atoms with Crippen LogP contribution >= 0.6 is 0 Å². The van der Waals surface area contributed by atoms with Gasteiger partial charge in [0.05, 0.1) is 11.2 Å². The van der Waals surface area contributed by atoms with Crippen LogP contribution in [0.15, 0.2) is 28.9 Å². The van der Waals surface area contributed by atoms with Crippen molar-refractivity contribution in [3.8, 4) is 5.75 Å². The second-order valence-electron chi connectivity index (χ2n) is 4.80. The number of carbonyl (C=O) groups is 1. The molecule has 1 fully saturated rings. The molecule has 1 aliphatic rings. The quantitative estimate of drug-likeness (QED) is 0.638. The summed E-state index contributed by atoms with van der Waals surface area (Å²) in [5.74, 6) is 0.0169. The summed E-state index contributed by atoms with van der Waals surface area (Å²) in [7, 11) is 0. The van der Waals surface area contributed by atoms with E-state index in [2.05, 4.69) is 0 Å². The van der Waals surface area contributed by atoms with Gasteiger partial charge in [0.2, 0.25) is 0 Å². The van der Waals surface area contributed by atoms with E-state index in [4.69, 9.17) is 9.15 Å². The normalized spacial score (nSPS) is 21.6. The van der Waals surface area contributed by atoms with Crippen molar-refractivity contribution in [2.75, 3.05) is 0 Å². The number of rotatable bonds is 2. The van der Waals surface area contributed by atoms with Gasteiger partial charge < -0.3 is 14.3 Å². The molecule has 1 aromatic carbocycles. The number of phenolic OH excluding ortho intramolecular Hbond substituents is 1. The van der Waals surface area contributed by atoms with Crippen molar-refractivity contribution in [1.29, 1.82) is 0 Å². The molecule has 0 bridgehead atoms. The van der Waals surface area contributed by atoms with Crippen molar-refractivity contribution in [3.63, 3.8) is 0 Å². The topological polar surface area (TPSA) is 63.0 Å². The zero-order valence-corrected chi connectivity index (χ0v) is 9.56. The van der Waals surface area contributed by atoms with Crippen LogP contribution in [-0.2, 0) is 4.74 Å². The Labute approximate surface area is 97.8 Å². The Morgan fingerprint density at radius 2 is 2.12 bits per heavy atom. The number of fused-ring (bicyclic) bond motifs is 1. The van der Waals surface area contributed by atoms with Gasteiger partial charge in [0.15, 0.2) is 5.78 Å². The first kappa shape index (κ1) is 10.4. The molecule has 4 nitrogen and oxygen atoms in total. The van der Waals surface area contributed by atoms with Gasteiger partial charge in [0, 0.05) is 5.39 Å². The van der Waals surface area contributed by atoms with Gasteiger partial charge in [-0.2, -0.15) is 0 Å². The Morgan fingerprint density at radius 1 is 1.41 bits per heavy atom. The SMILES string of the molecule is CC1(C)O[C@H]1C(=O)c1coc2ccc(O)cc12. The Bertz CT molecular complexity index is 609. The Kier molecular flexibility index (Phi) is 1.89. The fourth-order valence-corrected chi connectivity index (χ4v) is 1.99. The third kappa shape index (κ3) is 1.52. The number of benzene rings is 1. The number of aromatic hydroxyl groups is 1. The highest BCUT2D eigenvalue weighted by atomic mass is 16.6. The van der Waals surface area contributed by atoms with Gasteiger partial charge in [-0.3, -0.25) is 4.79 Å². The van der Waals surface area contributed by atoms with Crippen LogP contribution in [-0.4, -0.2) is 22.6 Å². The molecule has 0 aliphatic carbocycles. The lowest BCUT2D eigenvalue weighted by atomic mass is 10.0. The maximum Gasteiger partial charge on any atom is 0.198 e. The predicted molar refractivity (Wildman–Crippen MR) is 61.2 cm³/mol. The molecule has 88 valence electrons. The molecular weight excluding hydrogens is 220 g/mol. The molecule has 0 unspecified atom stereocenters. The number of Topliss-reactive ketones (excluding diaryl/α,β-unsaturated/α-hetero) is 1. The van der Waals surface area contributed by atoms with E-state index in [1.165, 1.54) is 18.4 Å². The van der Waals surface area contributed by atoms with Crippen LogP contribution in [0.2, 0.25) is 0 Å². The number of ether oxygens (including phenoxy) is 1. The lowest BCUT2D eigenvalue weighted by molar-refractivity contribution is 0.0954. The van der Waals surface area contributed by atoms with E-state index in [0.29, 0.717) is 16.5 Å². The zero-order chi connectivity index (χ0) is 12.2. The fraction of sp³-hybridized carbons (Fsp3) is 0.308. The minimum Gasteiger partial charge on any atom is -0.508 e. The molecule has 1 saturated heterocycles. The summed E-state index contributed by atoms with van der Waals surface area (Å²) in [4.78, 5) is 12.1. The first-order chi connectivity index (χ1) is 7.99. The maximum absolute atomic E-state index is 12.1. The van der Waals surface area contributed by atoms with E-state index >= 15 is 0 Å². The molecule has 1 aliphatic heterocycles. The first-order valence-electron chi connectivity index (χ1n) is 5.41. The van der Waals surface area contributed by atoms with Crippen molar-refractivity contribution in [2.45, 2.75) is 25.6 Å². The summed E-state index contributed by atoms with van der Waals surface area (Å²) in [5, 5.41) is 10.1. The maximum atomic E-state index is 12.1. The number of hydrogen-bond acceptors (Lipinski definition) is 4. The lowest BCUT2D eigenvalue weighted by Crippen LogP contribution is -2.14. The second-order valence-corrected chi connectivity index (χ2v) is 4.80. The van der Waals surface area contributed by atoms with Crippen LogP contribution in [0.5, 0.6) is 5.75 Å². The largest absolute Gasteiger partial charge is 0.508 e. The highest BCUT2D eigenvalue weighted by Crippen LogP contribution is 2.39.